The molecule has 1 aromatic rings. The van der Waals surface area contributed by atoms with Crippen LogP contribution in [0.3, 0.4) is 0 Å². The fourth-order valence-electron chi connectivity index (χ4n) is 1.55. The average Bonchev–Trinajstić information content (AvgIpc) is 2.28. The van der Waals surface area contributed by atoms with E-state index in [-0.39, 0.29) is 5.91 Å². The minimum Gasteiger partial charge on any atom is -0.478 e. The average molecular weight is 249 g/mol. The Labute approximate surface area is 103 Å². The van der Waals surface area contributed by atoms with Gasteiger partial charge in [0.1, 0.15) is 0 Å². The number of aliphatic carboxylic acids is 1. The summed E-state index contributed by atoms with van der Waals surface area (Å²) in [6.45, 7) is 0. The van der Waals surface area contributed by atoms with Crippen LogP contribution in [0.1, 0.15) is 5.56 Å². The molecule has 1 aliphatic rings. The lowest BCUT2D eigenvalue weighted by molar-refractivity contribution is -0.131. The van der Waals surface area contributed by atoms with Crippen LogP contribution in [-0.2, 0) is 16.0 Å². The minimum atomic E-state index is -0.952. The van der Waals surface area contributed by atoms with Gasteiger partial charge in [0.2, 0.25) is 5.91 Å². The minimum absolute atomic E-state index is 0.000674. The maximum atomic E-state index is 11.2. The molecule has 5 heteroatoms. The zero-order valence-corrected chi connectivity index (χ0v) is 9.79. The van der Waals surface area contributed by atoms with Crippen molar-refractivity contribution < 1.29 is 14.7 Å². The Morgan fingerprint density at radius 2 is 2.35 bits per heavy atom. The third-order valence-corrected chi connectivity index (χ3v) is 3.36. The lowest BCUT2D eigenvalue weighted by Crippen LogP contribution is -2.18. The second-order valence-corrected chi connectivity index (χ2v) is 4.63. The van der Waals surface area contributed by atoms with Gasteiger partial charge < -0.3 is 10.4 Å². The highest BCUT2D eigenvalue weighted by molar-refractivity contribution is 8.00. The maximum Gasteiger partial charge on any atom is 0.327 e. The number of nitrogens with one attached hydrogen (secondary N) is 1. The second-order valence-electron chi connectivity index (χ2n) is 3.61. The summed E-state index contributed by atoms with van der Waals surface area (Å²) in [5.41, 5.74) is 1.79. The van der Waals surface area contributed by atoms with Gasteiger partial charge in [-0.1, -0.05) is 12.1 Å². The zero-order valence-electron chi connectivity index (χ0n) is 8.97. The van der Waals surface area contributed by atoms with Gasteiger partial charge in [0, 0.05) is 11.0 Å². The maximum absolute atomic E-state index is 11.2. The Bertz CT molecular complexity index is 497. The summed E-state index contributed by atoms with van der Waals surface area (Å²) in [5, 5.41) is 11.3. The molecule has 0 radical (unpaired) electrons. The molecule has 4 nitrogen and oxygen atoms in total. The van der Waals surface area contributed by atoms with Gasteiger partial charge in [-0.25, -0.2) is 4.79 Å². The monoisotopic (exact) mass is 249 g/mol. The van der Waals surface area contributed by atoms with Crippen molar-refractivity contribution >= 4 is 29.3 Å². The van der Waals surface area contributed by atoms with Crippen LogP contribution >= 0.6 is 11.8 Å². The van der Waals surface area contributed by atoms with Crippen molar-refractivity contribution in [1.82, 2.24) is 0 Å². The van der Waals surface area contributed by atoms with Crippen LogP contribution in [0.2, 0.25) is 0 Å². The summed E-state index contributed by atoms with van der Waals surface area (Å²) >= 11 is 1.51. The number of fused-ring (bicyclic) bond motifs is 1. The first-order valence-corrected chi connectivity index (χ1v) is 6.09. The van der Waals surface area contributed by atoms with Gasteiger partial charge in [-0.2, -0.15) is 0 Å². The van der Waals surface area contributed by atoms with E-state index in [0.29, 0.717) is 12.2 Å². The molecule has 0 aromatic heterocycles. The number of carboxylic acid groups (broad SMARTS) is 1. The number of amides is 1. The number of carbonyl (C=O) groups excluding carboxylic acids is 1. The first kappa shape index (κ1) is 11.7. The first-order chi connectivity index (χ1) is 8.15. The Balaban J connectivity index is 2.13. The molecule has 0 unspecified atom stereocenters. The molecule has 0 aliphatic carbocycles. The summed E-state index contributed by atoms with van der Waals surface area (Å²) < 4.78 is 0. The standard InChI is InChI=1S/C12H11NO3S/c14-11-7-17-10-5-4-8(6-9(10)13-11)2-1-3-12(15)16/h1,3-6H,2,7H2,(H,13,14)(H,15,16)/b3-1+. The highest BCUT2D eigenvalue weighted by Crippen LogP contribution is 2.32. The molecule has 0 saturated carbocycles. The van der Waals surface area contributed by atoms with Crippen molar-refractivity contribution in [3.63, 3.8) is 0 Å². The Morgan fingerprint density at radius 1 is 1.53 bits per heavy atom. The van der Waals surface area contributed by atoms with E-state index < -0.39 is 5.97 Å². The SMILES string of the molecule is O=C(O)/C=C/Cc1ccc2c(c1)NC(=O)CS2. The van der Waals surface area contributed by atoms with Crippen LogP contribution in [0.5, 0.6) is 0 Å². The Hall–Kier alpha value is -1.75. The van der Waals surface area contributed by atoms with E-state index in [1.165, 1.54) is 11.8 Å². The molecular weight excluding hydrogens is 238 g/mol. The smallest absolute Gasteiger partial charge is 0.327 e. The number of thioether (sulfide) groups is 1. The van der Waals surface area contributed by atoms with E-state index in [1.807, 2.05) is 18.2 Å². The summed E-state index contributed by atoms with van der Waals surface area (Å²) in [7, 11) is 0. The van der Waals surface area contributed by atoms with Crippen molar-refractivity contribution in [2.24, 2.45) is 0 Å². The van der Waals surface area contributed by atoms with Crippen LogP contribution in [0, 0.1) is 0 Å². The normalized spacial score (nSPS) is 14.5. The van der Waals surface area contributed by atoms with Crippen LogP contribution in [0.4, 0.5) is 5.69 Å². The fraction of sp³-hybridized carbons (Fsp3) is 0.167. The number of anilines is 1. The van der Waals surface area contributed by atoms with Gasteiger partial charge in [-0.3, -0.25) is 4.79 Å². The highest BCUT2D eigenvalue weighted by atomic mass is 32.2. The van der Waals surface area contributed by atoms with E-state index in [9.17, 15) is 9.59 Å². The van der Waals surface area contributed by atoms with Crippen molar-refractivity contribution in [2.75, 3.05) is 11.1 Å². The molecule has 17 heavy (non-hydrogen) atoms. The van der Waals surface area contributed by atoms with Gasteiger partial charge >= 0.3 is 5.97 Å². The molecule has 88 valence electrons. The van der Waals surface area contributed by atoms with E-state index in [2.05, 4.69) is 5.32 Å². The fourth-order valence-corrected chi connectivity index (χ4v) is 2.34. The number of allylic oxidation sites excluding steroid dienone is 1. The number of benzene rings is 1. The molecule has 1 aromatic carbocycles. The summed E-state index contributed by atoms with van der Waals surface area (Å²) in [5.74, 6) is -0.502. The molecule has 0 saturated heterocycles. The molecule has 0 fully saturated rings. The first-order valence-electron chi connectivity index (χ1n) is 5.10. The lowest BCUT2D eigenvalue weighted by atomic mass is 10.1. The molecule has 0 atom stereocenters. The second kappa shape index (κ2) is 5.05. The summed E-state index contributed by atoms with van der Waals surface area (Å²) in [6, 6.07) is 5.77. The molecule has 1 aliphatic heterocycles. The van der Waals surface area contributed by atoms with Gasteiger partial charge in [0.25, 0.3) is 0 Å². The third kappa shape index (κ3) is 3.10. The number of hydrogen-bond acceptors (Lipinski definition) is 3. The predicted octanol–water partition coefficient (Wildman–Crippen LogP) is 1.91. The molecule has 2 rings (SSSR count). The van der Waals surface area contributed by atoms with Crippen LogP contribution in [-0.4, -0.2) is 22.7 Å². The van der Waals surface area contributed by atoms with E-state index in [4.69, 9.17) is 5.11 Å². The zero-order chi connectivity index (χ0) is 12.3. The van der Waals surface area contributed by atoms with Crippen molar-refractivity contribution in [2.45, 2.75) is 11.3 Å². The quantitative estimate of drug-likeness (QED) is 0.803. The van der Waals surface area contributed by atoms with Gasteiger partial charge in [0.05, 0.1) is 11.4 Å². The van der Waals surface area contributed by atoms with Crippen molar-refractivity contribution in [3.8, 4) is 0 Å². The van der Waals surface area contributed by atoms with E-state index >= 15 is 0 Å². The Morgan fingerprint density at radius 3 is 3.12 bits per heavy atom. The van der Waals surface area contributed by atoms with Crippen LogP contribution in [0.25, 0.3) is 0 Å². The van der Waals surface area contributed by atoms with Crippen LogP contribution < -0.4 is 5.32 Å². The van der Waals surface area contributed by atoms with Gasteiger partial charge in [0.15, 0.2) is 0 Å². The van der Waals surface area contributed by atoms with Crippen LogP contribution in [0.15, 0.2) is 35.2 Å². The number of carboxylic acids is 1. The third-order valence-electron chi connectivity index (χ3n) is 2.29. The largest absolute Gasteiger partial charge is 0.478 e. The number of hydrogen-bond donors (Lipinski definition) is 2. The van der Waals surface area contributed by atoms with Gasteiger partial charge in [-0.15, -0.1) is 11.8 Å². The highest BCUT2D eigenvalue weighted by Gasteiger charge is 2.14. The molecule has 1 amide bonds. The molecule has 0 bridgehead atoms. The predicted molar refractivity (Wildman–Crippen MR) is 66.3 cm³/mol. The topological polar surface area (TPSA) is 66.4 Å². The van der Waals surface area contributed by atoms with Gasteiger partial charge in [-0.05, 0) is 24.1 Å². The summed E-state index contributed by atoms with van der Waals surface area (Å²) in [4.78, 5) is 22.6. The molecule has 0 spiro atoms. The number of carbonyl (C=O) groups is 2. The summed E-state index contributed by atoms with van der Waals surface area (Å²) in [6.07, 6.45) is 3.24. The lowest BCUT2D eigenvalue weighted by Gasteiger charge is -2.16. The van der Waals surface area contributed by atoms with E-state index in [0.717, 1.165) is 22.2 Å². The van der Waals surface area contributed by atoms with Crippen molar-refractivity contribution in [1.29, 1.82) is 0 Å². The Kier molecular flexibility index (Phi) is 3.49. The number of rotatable bonds is 3. The molecule has 2 N–H and O–H groups in total. The van der Waals surface area contributed by atoms with E-state index in [1.54, 1.807) is 6.08 Å². The van der Waals surface area contributed by atoms with Crippen molar-refractivity contribution in [3.05, 3.63) is 35.9 Å². The molecule has 1 heterocycles. The molecular formula is C12H11NO3S.